The maximum Gasteiger partial charge on any atom is 0.246 e. The van der Waals surface area contributed by atoms with Crippen LogP contribution >= 0.6 is 0 Å². The van der Waals surface area contributed by atoms with E-state index in [0.717, 1.165) is 42.9 Å². The standard InChI is InChI=1S/C36H41N7O2/c1-5-33(44)43-20-19-42(22-27(43)14-16-37)35-28-15-18-41(32-12-7-11-26-10-6-9-24(2)34(26)32)23-30(28)39-36(29(35)21-38)45-25(3)31-13-8-17-40(31)4/h5-7,9-12,25,27,31H,1,8,13-15,17-20,22-23H2,2-4H3/t25?,27-,31+/m0/s1. The zero-order valence-corrected chi connectivity index (χ0v) is 26.5. The summed E-state index contributed by atoms with van der Waals surface area (Å²) in [7, 11) is 2.12. The highest BCUT2D eigenvalue weighted by Gasteiger charge is 2.36. The zero-order chi connectivity index (χ0) is 31.7. The second-order valence-corrected chi connectivity index (χ2v) is 12.5. The molecule has 3 aliphatic heterocycles. The summed E-state index contributed by atoms with van der Waals surface area (Å²) in [5.74, 6) is 0.197. The van der Waals surface area contributed by atoms with Gasteiger partial charge in [-0.15, -0.1) is 0 Å². The number of anilines is 2. The molecule has 2 fully saturated rings. The van der Waals surface area contributed by atoms with Gasteiger partial charge in [0.1, 0.15) is 17.7 Å². The van der Waals surface area contributed by atoms with E-state index in [2.05, 4.69) is 90.7 Å². The Labute approximate surface area is 265 Å². The van der Waals surface area contributed by atoms with Crippen molar-refractivity contribution < 1.29 is 9.53 Å². The topological polar surface area (TPSA) is 99.7 Å². The van der Waals surface area contributed by atoms with Crippen LogP contribution < -0.4 is 14.5 Å². The summed E-state index contributed by atoms with van der Waals surface area (Å²) in [4.78, 5) is 26.4. The van der Waals surface area contributed by atoms with Crippen LogP contribution in [0.25, 0.3) is 10.8 Å². The first kappa shape index (κ1) is 30.4. The number of aromatic nitrogens is 1. The van der Waals surface area contributed by atoms with Gasteiger partial charge in [-0.2, -0.15) is 10.5 Å². The van der Waals surface area contributed by atoms with Crippen LogP contribution in [0, 0.1) is 29.6 Å². The molecule has 0 radical (unpaired) electrons. The van der Waals surface area contributed by atoms with Crippen molar-refractivity contribution in [3.8, 4) is 18.0 Å². The number of fused-ring (bicyclic) bond motifs is 2. The Morgan fingerprint density at radius 3 is 2.67 bits per heavy atom. The lowest BCUT2D eigenvalue weighted by Gasteiger charge is -2.43. The van der Waals surface area contributed by atoms with Crippen molar-refractivity contribution in [2.75, 3.05) is 49.6 Å². The fraction of sp³-hybridized carbons (Fsp3) is 0.444. The fourth-order valence-electron chi connectivity index (χ4n) is 7.57. The summed E-state index contributed by atoms with van der Waals surface area (Å²) in [5.41, 5.74) is 5.65. The predicted octanol–water partition coefficient (Wildman–Crippen LogP) is 4.96. The van der Waals surface area contributed by atoms with E-state index in [1.165, 1.54) is 28.1 Å². The lowest BCUT2D eigenvalue weighted by molar-refractivity contribution is -0.128. The van der Waals surface area contributed by atoms with Crippen LogP contribution in [0.5, 0.6) is 5.88 Å². The van der Waals surface area contributed by atoms with E-state index in [9.17, 15) is 15.3 Å². The Hall–Kier alpha value is -4.60. The van der Waals surface area contributed by atoms with Crippen LogP contribution in [0.3, 0.4) is 0 Å². The summed E-state index contributed by atoms with van der Waals surface area (Å²) in [6, 6.07) is 17.5. The van der Waals surface area contributed by atoms with Crippen molar-refractivity contribution in [2.24, 2.45) is 0 Å². The maximum absolute atomic E-state index is 12.7. The van der Waals surface area contributed by atoms with Crippen LogP contribution in [-0.2, 0) is 17.8 Å². The number of ether oxygens (including phenoxy) is 1. The van der Waals surface area contributed by atoms with Gasteiger partial charge in [0.05, 0.1) is 36.5 Å². The number of hydrogen-bond donors (Lipinski definition) is 0. The Morgan fingerprint density at radius 2 is 1.96 bits per heavy atom. The Kier molecular flexibility index (Phi) is 8.65. The number of likely N-dealkylation sites (tertiary alicyclic amines) is 1. The third kappa shape index (κ3) is 5.69. The van der Waals surface area contributed by atoms with Gasteiger partial charge in [-0.25, -0.2) is 4.98 Å². The van der Waals surface area contributed by atoms with Gasteiger partial charge in [-0.05, 0) is 69.8 Å². The second-order valence-electron chi connectivity index (χ2n) is 12.5. The molecule has 0 aliphatic carbocycles. The molecule has 1 unspecified atom stereocenters. The Morgan fingerprint density at radius 1 is 1.16 bits per heavy atom. The molecule has 1 aromatic heterocycles. The van der Waals surface area contributed by atoms with Gasteiger partial charge < -0.3 is 19.4 Å². The van der Waals surface area contributed by atoms with Gasteiger partial charge in [0.15, 0.2) is 0 Å². The minimum absolute atomic E-state index is 0.142. The number of piperazine rings is 1. The van der Waals surface area contributed by atoms with Crippen LogP contribution in [0.2, 0.25) is 0 Å². The molecule has 2 aromatic carbocycles. The number of nitriles is 2. The highest BCUT2D eigenvalue weighted by Crippen LogP contribution is 2.40. The Balaban J connectivity index is 1.43. The molecule has 1 amide bonds. The molecule has 3 atom stereocenters. The number of aryl methyl sites for hydroxylation is 1. The van der Waals surface area contributed by atoms with Crippen molar-refractivity contribution >= 4 is 28.1 Å². The molecular weight excluding hydrogens is 562 g/mol. The molecule has 0 bridgehead atoms. The van der Waals surface area contributed by atoms with E-state index in [0.29, 0.717) is 44.0 Å². The number of amides is 1. The van der Waals surface area contributed by atoms with Crippen molar-refractivity contribution in [1.82, 2.24) is 14.8 Å². The molecule has 4 heterocycles. The molecule has 45 heavy (non-hydrogen) atoms. The second kappa shape index (κ2) is 12.8. The van der Waals surface area contributed by atoms with E-state index in [-0.39, 0.29) is 30.5 Å². The number of hydrogen-bond acceptors (Lipinski definition) is 8. The van der Waals surface area contributed by atoms with E-state index >= 15 is 0 Å². The minimum Gasteiger partial charge on any atom is -0.472 e. The number of pyridine rings is 1. The monoisotopic (exact) mass is 603 g/mol. The van der Waals surface area contributed by atoms with Crippen LogP contribution in [0.4, 0.5) is 11.4 Å². The minimum atomic E-state index is -0.307. The lowest BCUT2D eigenvalue weighted by Crippen LogP contribution is -2.55. The largest absolute Gasteiger partial charge is 0.472 e. The van der Waals surface area contributed by atoms with Gasteiger partial charge in [-0.3, -0.25) is 9.69 Å². The van der Waals surface area contributed by atoms with Crippen molar-refractivity contribution in [2.45, 2.75) is 64.3 Å². The van der Waals surface area contributed by atoms with Crippen LogP contribution in [0.1, 0.15) is 48.6 Å². The SMILES string of the molecule is C=CC(=O)N1CCN(c2c(C#N)c(OC(C)[C@H]3CCCN3C)nc3c2CCN(c2cccc4cccc(C)c24)C3)C[C@@H]1CC#N. The van der Waals surface area contributed by atoms with Crippen LogP contribution in [-0.4, -0.2) is 78.7 Å². The van der Waals surface area contributed by atoms with E-state index in [4.69, 9.17) is 9.72 Å². The van der Waals surface area contributed by atoms with Gasteiger partial charge in [0.25, 0.3) is 0 Å². The first-order valence-electron chi connectivity index (χ1n) is 16.0. The molecule has 9 heteroatoms. The third-order valence-corrected chi connectivity index (χ3v) is 9.84. The summed E-state index contributed by atoms with van der Waals surface area (Å²) in [6.07, 6.45) is 4.25. The first-order valence-corrected chi connectivity index (χ1v) is 16.0. The van der Waals surface area contributed by atoms with Gasteiger partial charge in [0.2, 0.25) is 11.8 Å². The Bertz CT molecular complexity index is 1700. The summed E-state index contributed by atoms with van der Waals surface area (Å²) < 4.78 is 6.62. The highest BCUT2D eigenvalue weighted by atomic mass is 16.5. The molecule has 232 valence electrons. The summed E-state index contributed by atoms with van der Waals surface area (Å²) in [5, 5.41) is 22.7. The van der Waals surface area contributed by atoms with Gasteiger partial charge >= 0.3 is 0 Å². The molecule has 0 spiro atoms. The number of likely N-dealkylation sites (N-methyl/N-ethyl adjacent to an activating group) is 1. The third-order valence-electron chi connectivity index (χ3n) is 9.84. The average Bonchev–Trinajstić information content (AvgIpc) is 3.49. The van der Waals surface area contributed by atoms with Crippen molar-refractivity contribution in [1.29, 1.82) is 10.5 Å². The van der Waals surface area contributed by atoms with Crippen molar-refractivity contribution in [3.63, 3.8) is 0 Å². The molecule has 9 nitrogen and oxygen atoms in total. The smallest absolute Gasteiger partial charge is 0.246 e. The number of carbonyl (C=O) groups excluding carboxylic acids is 1. The van der Waals surface area contributed by atoms with Crippen LogP contribution in [0.15, 0.2) is 49.1 Å². The van der Waals surface area contributed by atoms with Crippen molar-refractivity contribution in [3.05, 3.63) is 71.4 Å². The number of nitrogens with zero attached hydrogens (tertiary/aromatic N) is 7. The average molecular weight is 604 g/mol. The highest BCUT2D eigenvalue weighted by molar-refractivity contribution is 5.97. The normalized spacial score (nSPS) is 20.8. The lowest BCUT2D eigenvalue weighted by atomic mass is 9.95. The maximum atomic E-state index is 12.7. The zero-order valence-electron chi connectivity index (χ0n) is 26.5. The number of carbonyl (C=O) groups is 1. The van der Waals surface area contributed by atoms with Gasteiger partial charge in [0, 0.05) is 48.9 Å². The fourth-order valence-corrected chi connectivity index (χ4v) is 7.57. The molecule has 0 N–H and O–H groups in total. The number of rotatable bonds is 7. The summed E-state index contributed by atoms with van der Waals surface area (Å²) in [6.45, 7) is 11.7. The quantitative estimate of drug-likeness (QED) is 0.350. The molecule has 3 aliphatic rings. The predicted molar refractivity (Wildman–Crippen MR) is 176 cm³/mol. The molecule has 2 saturated heterocycles. The summed E-state index contributed by atoms with van der Waals surface area (Å²) >= 11 is 0. The van der Waals surface area contributed by atoms with E-state index in [1.807, 2.05) is 0 Å². The van der Waals surface area contributed by atoms with E-state index < -0.39 is 0 Å². The molecule has 6 rings (SSSR count). The molecular formula is C36H41N7O2. The molecule has 3 aromatic rings. The molecule has 0 saturated carbocycles. The van der Waals surface area contributed by atoms with E-state index in [1.54, 1.807) is 4.90 Å². The van der Waals surface area contributed by atoms with Gasteiger partial charge in [-0.1, -0.05) is 36.9 Å². The first-order chi connectivity index (χ1) is 21.8. The number of benzene rings is 2.